The van der Waals surface area contributed by atoms with Crippen LogP contribution >= 0.6 is 15.9 Å². The van der Waals surface area contributed by atoms with Crippen molar-refractivity contribution in [3.63, 3.8) is 0 Å². The summed E-state index contributed by atoms with van der Waals surface area (Å²) in [4.78, 5) is 0. The predicted molar refractivity (Wildman–Crippen MR) is 82.8 cm³/mol. The first kappa shape index (κ1) is 16.6. The first-order valence-electron chi connectivity index (χ1n) is 6.73. The topological polar surface area (TPSA) is 38.0 Å². The lowest BCUT2D eigenvalue weighted by atomic mass is 9.84. The highest BCUT2D eigenvalue weighted by molar-refractivity contribution is 9.10. The Kier molecular flexibility index (Phi) is 6.43. The van der Waals surface area contributed by atoms with Crippen molar-refractivity contribution in [2.24, 2.45) is 11.7 Å². The van der Waals surface area contributed by atoms with Gasteiger partial charge in [-0.1, -0.05) is 36.7 Å². The van der Waals surface area contributed by atoms with Crippen LogP contribution in [0.2, 0.25) is 0 Å². The van der Waals surface area contributed by atoms with Crippen molar-refractivity contribution in [1.82, 2.24) is 5.32 Å². The zero-order valence-electron chi connectivity index (χ0n) is 12.0. The van der Waals surface area contributed by atoms with Crippen molar-refractivity contribution in [2.75, 3.05) is 19.6 Å². The normalized spacial score (nSPS) is 13.6. The second-order valence-electron chi connectivity index (χ2n) is 5.81. The first-order chi connectivity index (χ1) is 8.86. The third kappa shape index (κ3) is 5.21. The average Bonchev–Trinajstić information content (AvgIpc) is 2.37. The molecular formula is C15H24BrFN2. The second-order valence-corrected chi connectivity index (χ2v) is 6.73. The molecule has 0 saturated heterocycles. The van der Waals surface area contributed by atoms with E-state index >= 15 is 0 Å². The van der Waals surface area contributed by atoms with Crippen LogP contribution in [0.4, 0.5) is 4.39 Å². The van der Waals surface area contributed by atoms with Crippen molar-refractivity contribution >= 4 is 15.9 Å². The van der Waals surface area contributed by atoms with Gasteiger partial charge in [0, 0.05) is 16.4 Å². The lowest BCUT2D eigenvalue weighted by molar-refractivity contribution is 0.425. The summed E-state index contributed by atoms with van der Waals surface area (Å²) in [7, 11) is 0. The smallest absolute Gasteiger partial charge is 0.127 e. The zero-order chi connectivity index (χ0) is 14.5. The molecule has 1 atom stereocenters. The maximum Gasteiger partial charge on any atom is 0.127 e. The van der Waals surface area contributed by atoms with E-state index in [-0.39, 0.29) is 11.2 Å². The third-order valence-electron chi connectivity index (χ3n) is 3.44. The van der Waals surface area contributed by atoms with Crippen molar-refractivity contribution < 1.29 is 4.39 Å². The molecule has 19 heavy (non-hydrogen) atoms. The molecule has 108 valence electrons. The number of benzene rings is 1. The highest BCUT2D eigenvalue weighted by Crippen LogP contribution is 2.27. The zero-order valence-corrected chi connectivity index (χ0v) is 13.6. The molecule has 1 aromatic carbocycles. The van der Waals surface area contributed by atoms with Crippen molar-refractivity contribution in [3.05, 3.63) is 34.1 Å². The number of nitrogens with two attached hydrogens (primary N) is 1. The summed E-state index contributed by atoms with van der Waals surface area (Å²) in [5.41, 5.74) is 6.09. The predicted octanol–water partition coefficient (Wildman–Crippen LogP) is 3.44. The molecule has 0 aliphatic carbocycles. The molecule has 3 N–H and O–H groups in total. The average molecular weight is 331 g/mol. The lowest BCUT2D eigenvalue weighted by Gasteiger charge is -2.27. The molecule has 0 amide bonds. The van der Waals surface area contributed by atoms with Gasteiger partial charge in [-0.25, -0.2) is 4.39 Å². The number of nitrogens with one attached hydrogen (secondary N) is 1. The van der Waals surface area contributed by atoms with Gasteiger partial charge in [-0.05, 0) is 49.2 Å². The second kappa shape index (κ2) is 7.36. The van der Waals surface area contributed by atoms with E-state index in [1.165, 1.54) is 6.07 Å². The maximum absolute atomic E-state index is 13.9. The monoisotopic (exact) mass is 330 g/mol. The highest BCUT2D eigenvalue weighted by atomic mass is 79.9. The van der Waals surface area contributed by atoms with Gasteiger partial charge >= 0.3 is 0 Å². The standard InChI is InChI=1S/C15H24BrFN2/c1-11(9-18)6-7-19-10-15(2,3)13-8-12(16)4-5-14(13)17/h4-5,8,11,19H,6-7,9-10,18H2,1-3H3. The molecule has 0 aromatic heterocycles. The van der Waals surface area contributed by atoms with Crippen LogP contribution in [0.15, 0.2) is 22.7 Å². The number of rotatable bonds is 7. The summed E-state index contributed by atoms with van der Waals surface area (Å²) in [5.74, 6) is 0.378. The van der Waals surface area contributed by atoms with Crippen LogP contribution in [0.1, 0.15) is 32.8 Å². The van der Waals surface area contributed by atoms with E-state index in [4.69, 9.17) is 5.73 Å². The van der Waals surface area contributed by atoms with Crippen molar-refractivity contribution in [3.8, 4) is 0 Å². The number of halogens is 2. The molecule has 1 aromatic rings. The van der Waals surface area contributed by atoms with Crippen molar-refractivity contribution in [2.45, 2.75) is 32.6 Å². The molecule has 0 saturated carbocycles. The minimum atomic E-state index is -0.236. The quantitative estimate of drug-likeness (QED) is 0.751. The molecule has 0 radical (unpaired) electrons. The summed E-state index contributed by atoms with van der Waals surface area (Å²) in [6, 6.07) is 5.10. The van der Waals surface area contributed by atoms with Gasteiger partial charge in [-0.3, -0.25) is 0 Å². The van der Waals surface area contributed by atoms with Gasteiger partial charge in [-0.15, -0.1) is 0 Å². The molecule has 0 bridgehead atoms. The fraction of sp³-hybridized carbons (Fsp3) is 0.600. The summed E-state index contributed by atoms with van der Waals surface area (Å²) in [6.07, 6.45) is 1.05. The number of hydrogen-bond donors (Lipinski definition) is 2. The van der Waals surface area contributed by atoms with Crippen LogP contribution < -0.4 is 11.1 Å². The third-order valence-corrected chi connectivity index (χ3v) is 3.93. The molecular weight excluding hydrogens is 307 g/mol. The number of hydrogen-bond acceptors (Lipinski definition) is 2. The van der Waals surface area contributed by atoms with E-state index in [1.54, 1.807) is 6.07 Å². The Bertz CT molecular complexity index is 407. The van der Waals surface area contributed by atoms with Gasteiger partial charge in [0.25, 0.3) is 0 Å². The van der Waals surface area contributed by atoms with E-state index < -0.39 is 0 Å². The molecule has 0 aliphatic heterocycles. The van der Waals surface area contributed by atoms with Crippen LogP contribution in [0, 0.1) is 11.7 Å². The van der Waals surface area contributed by atoms with Crippen LogP contribution in [0.25, 0.3) is 0 Å². The van der Waals surface area contributed by atoms with Crippen LogP contribution in [0.3, 0.4) is 0 Å². The Balaban J connectivity index is 2.58. The van der Waals surface area contributed by atoms with Gasteiger partial charge in [0.2, 0.25) is 0 Å². The Morgan fingerprint density at radius 1 is 1.42 bits per heavy atom. The van der Waals surface area contributed by atoms with Crippen LogP contribution in [0.5, 0.6) is 0 Å². The fourth-order valence-corrected chi connectivity index (χ4v) is 2.34. The Labute approximate surface area is 124 Å². The fourth-order valence-electron chi connectivity index (χ4n) is 1.98. The van der Waals surface area contributed by atoms with Crippen LogP contribution in [-0.2, 0) is 5.41 Å². The summed E-state index contributed by atoms with van der Waals surface area (Å²) < 4.78 is 14.8. The van der Waals surface area contributed by atoms with Crippen LogP contribution in [-0.4, -0.2) is 19.6 Å². The molecule has 1 unspecified atom stereocenters. The van der Waals surface area contributed by atoms with Gasteiger partial charge in [-0.2, -0.15) is 0 Å². The largest absolute Gasteiger partial charge is 0.330 e. The molecule has 0 fully saturated rings. The first-order valence-corrected chi connectivity index (χ1v) is 7.52. The van der Waals surface area contributed by atoms with E-state index in [0.717, 1.165) is 29.5 Å². The van der Waals surface area contributed by atoms with Gasteiger partial charge in [0.05, 0.1) is 0 Å². The lowest BCUT2D eigenvalue weighted by Crippen LogP contribution is -2.35. The SMILES string of the molecule is CC(CN)CCNCC(C)(C)c1cc(Br)ccc1F. The van der Waals surface area contributed by atoms with Gasteiger partial charge in [0.1, 0.15) is 5.82 Å². The van der Waals surface area contributed by atoms with E-state index in [9.17, 15) is 4.39 Å². The molecule has 0 spiro atoms. The van der Waals surface area contributed by atoms with Gasteiger partial charge < -0.3 is 11.1 Å². The molecule has 1 rings (SSSR count). The Morgan fingerprint density at radius 2 is 2.11 bits per heavy atom. The van der Waals surface area contributed by atoms with E-state index in [0.29, 0.717) is 12.5 Å². The molecule has 0 aliphatic rings. The van der Waals surface area contributed by atoms with Crippen molar-refractivity contribution in [1.29, 1.82) is 0 Å². The summed E-state index contributed by atoms with van der Waals surface area (Å²) in [5, 5.41) is 3.40. The minimum Gasteiger partial charge on any atom is -0.330 e. The Morgan fingerprint density at radius 3 is 2.74 bits per heavy atom. The maximum atomic E-state index is 13.9. The molecule has 0 heterocycles. The highest BCUT2D eigenvalue weighted by Gasteiger charge is 2.24. The van der Waals surface area contributed by atoms with Gasteiger partial charge in [0.15, 0.2) is 0 Å². The molecule has 4 heteroatoms. The minimum absolute atomic E-state index is 0.148. The summed E-state index contributed by atoms with van der Waals surface area (Å²) >= 11 is 3.40. The van der Waals surface area contributed by atoms with E-state index in [2.05, 4.69) is 42.0 Å². The van der Waals surface area contributed by atoms with E-state index in [1.807, 2.05) is 6.07 Å². The Hall–Kier alpha value is -0.450. The molecule has 2 nitrogen and oxygen atoms in total. The summed E-state index contributed by atoms with van der Waals surface area (Å²) in [6.45, 7) is 8.62.